The predicted octanol–water partition coefficient (Wildman–Crippen LogP) is 4.77. The monoisotopic (exact) mass is 290 g/mol. The second kappa shape index (κ2) is 4.72. The van der Waals surface area contributed by atoms with Crippen LogP contribution in [0.3, 0.4) is 0 Å². The molecule has 0 aliphatic carbocycles. The highest BCUT2D eigenvalue weighted by Gasteiger charge is 2.07. The number of benzene rings is 2. The van der Waals surface area contributed by atoms with Crippen molar-refractivity contribution < 1.29 is 4.42 Å². The Kier molecular flexibility index (Phi) is 3.05. The van der Waals surface area contributed by atoms with Crippen molar-refractivity contribution >= 4 is 34.0 Å². The number of fused-ring (bicyclic) bond motifs is 1. The van der Waals surface area contributed by atoms with Gasteiger partial charge in [0.2, 0.25) is 0 Å². The maximum Gasteiger partial charge on any atom is 0.344 e. The summed E-state index contributed by atoms with van der Waals surface area (Å²) in [5, 5.41) is 2.49. The van der Waals surface area contributed by atoms with Gasteiger partial charge in [-0.15, -0.1) is 0 Å². The molecule has 0 bridgehead atoms. The molecule has 0 radical (unpaired) electrons. The lowest BCUT2D eigenvalue weighted by molar-refractivity contribution is 0.535. The van der Waals surface area contributed by atoms with E-state index in [9.17, 15) is 4.79 Å². The molecule has 2 aromatic carbocycles. The van der Waals surface area contributed by atoms with Crippen LogP contribution in [0.4, 0.5) is 0 Å². The van der Waals surface area contributed by atoms with Gasteiger partial charge in [0, 0.05) is 15.6 Å². The Morgan fingerprint density at radius 2 is 1.53 bits per heavy atom. The van der Waals surface area contributed by atoms with Crippen molar-refractivity contribution in [2.24, 2.45) is 0 Å². The van der Waals surface area contributed by atoms with Gasteiger partial charge in [-0.05, 0) is 53.9 Å². The van der Waals surface area contributed by atoms with Gasteiger partial charge >= 0.3 is 5.63 Å². The first-order valence-electron chi connectivity index (χ1n) is 5.63. The Balaban J connectivity index is 2.25. The lowest BCUT2D eigenvalue weighted by Crippen LogP contribution is -2.00. The average Bonchev–Trinajstić information content (AvgIpc) is 2.38. The van der Waals surface area contributed by atoms with E-state index in [4.69, 9.17) is 27.6 Å². The third kappa shape index (κ3) is 2.37. The van der Waals surface area contributed by atoms with Crippen LogP contribution in [-0.2, 0) is 0 Å². The van der Waals surface area contributed by atoms with Crippen LogP contribution >= 0.6 is 23.2 Å². The lowest BCUT2D eigenvalue weighted by atomic mass is 10.1. The van der Waals surface area contributed by atoms with Gasteiger partial charge in [-0.25, -0.2) is 4.79 Å². The van der Waals surface area contributed by atoms with Crippen molar-refractivity contribution in [2.45, 2.75) is 0 Å². The van der Waals surface area contributed by atoms with Gasteiger partial charge in [-0.1, -0.05) is 23.2 Å². The third-order valence-electron chi connectivity index (χ3n) is 2.85. The van der Waals surface area contributed by atoms with Gasteiger partial charge in [0.05, 0.1) is 5.39 Å². The van der Waals surface area contributed by atoms with Gasteiger partial charge < -0.3 is 4.42 Å². The molecule has 0 unspecified atom stereocenters. The molecule has 0 N–H and O–H groups in total. The van der Waals surface area contributed by atoms with Crippen LogP contribution in [0.2, 0.25) is 10.0 Å². The summed E-state index contributed by atoms with van der Waals surface area (Å²) in [7, 11) is 0. The van der Waals surface area contributed by atoms with Crippen molar-refractivity contribution in [3.05, 3.63) is 69.0 Å². The Labute approximate surface area is 119 Å². The van der Waals surface area contributed by atoms with Crippen LogP contribution in [0, 0.1) is 0 Å². The van der Waals surface area contributed by atoms with E-state index in [-0.39, 0.29) is 5.63 Å². The summed E-state index contributed by atoms with van der Waals surface area (Å²) in [4.78, 5) is 11.9. The van der Waals surface area contributed by atoms with Gasteiger partial charge in [-0.3, -0.25) is 0 Å². The average molecular weight is 291 g/mol. The normalized spacial score (nSPS) is 10.8. The Morgan fingerprint density at radius 1 is 0.842 bits per heavy atom. The van der Waals surface area contributed by atoms with Crippen molar-refractivity contribution in [2.75, 3.05) is 0 Å². The van der Waals surface area contributed by atoms with Crippen molar-refractivity contribution in [1.82, 2.24) is 0 Å². The van der Waals surface area contributed by atoms with Gasteiger partial charge in [-0.2, -0.15) is 0 Å². The fraction of sp³-hybridized carbons (Fsp3) is 0. The van der Waals surface area contributed by atoms with Crippen molar-refractivity contribution in [3.63, 3.8) is 0 Å². The first-order valence-corrected chi connectivity index (χ1v) is 6.38. The highest BCUT2D eigenvalue weighted by atomic mass is 35.5. The molecule has 94 valence electrons. The van der Waals surface area contributed by atoms with E-state index in [0.717, 1.165) is 10.9 Å². The van der Waals surface area contributed by atoms with Gasteiger partial charge in [0.25, 0.3) is 0 Å². The van der Waals surface area contributed by atoms with Crippen LogP contribution in [0.1, 0.15) is 0 Å². The zero-order valence-corrected chi connectivity index (χ0v) is 11.2. The predicted molar refractivity (Wildman–Crippen MR) is 77.9 cm³/mol. The van der Waals surface area contributed by atoms with Crippen LogP contribution < -0.4 is 5.63 Å². The molecule has 4 heteroatoms. The van der Waals surface area contributed by atoms with Crippen molar-refractivity contribution in [1.29, 1.82) is 0 Å². The van der Waals surface area contributed by atoms with E-state index in [2.05, 4.69) is 0 Å². The fourth-order valence-electron chi connectivity index (χ4n) is 1.92. The molecule has 1 aromatic heterocycles. The summed E-state index contributed by atoms with van der Waals surface area (Å²) in [6.07, 6.45) is 0. The summed E-state index contributed by atoms with van der Waals surface area (Å²) in [5.74, 6) is 0.497. The summed E-state index contributed by atoms with van der Waals surface area (Å²) >= 11 is 11.8. The highest BCUT2D eigenvalue weighted by molar-refractivity contribution is 6.31. The van der Waals surface area contributed by atoms with Crippen LogP contribution in [0.25, 0.3) is 22.1 Å². The first-order chi connectivity index (χ1) is 9.13. The first kappa shape index (κ1) is 12.3. The molecule has 0 saturated heterocycles. The maximum absolute atomic E-state index is 11.9. The molecule has 2 nitrogen and oxygen atoms in total. The van der Waals surface area contributed by atoms with E-state index in [1.807, 2.05) is 0 Å². The zero-order valence-electron chi connectivity index (χ0n) is 9.69. The minimum Gasteiger partial charge on any atom is -0.422 e. The second-order valence-corrected chi connectivity index (χ2v) is 5.01. The molecule has 0 saturated carbocycles. The number of hydrogen-bond donors (Lipinski definition) is 0. The quantitative estimate of drug-likeness (QED) is 0.646. The fourth-order valence-corrected chi connectivity index (χ4v) is 2.23. The molecule has 19 heavy (non-hydrogen) atoms. The van der Waals surface area contributed by atoms with E-state index in [1.165, 1.54) is 0 Å². The Morgan fingerprint density at radius 3 is 2.26 bits per heavy atom. The number of rotatable bonds is 1. The second-order valence-electron chi connectivity index (χ2n) is 4.14. The molecule has 0 amide bonds. The lowest BCUT2D eigenvalue weighted by Gasteiger charge is -2.03. The maximum atomic E-state index is 11.9. The SMILES string of the molecule is O=c1oc(-c2ccc(Cl)cc2)cc2cc(Cl)ccc12. The van der Waals surface area contributed by atoms with E-state index >= 15 is 0 Å². The molecule has 0 spiro atoms. The van der Waals surface area contributed by atoms with Crippen molar-refractivity contribution in [3.8, 4) is 11.3 Å². The summed E-state index contributed by atoms with van der Waals surface area (Å²) < 4.78 is 5.31. The third-order valence-corrected chi connectivity index (χ3v) is 3.34. The van der Waals surface area contributed by atoms with Crippen LogP contribution in [0.5, 0.6) is 0 Å². The molecule has 0 aliphatic heterocycles. The van der Waals surface area contributed by atoms with Gasteiger partial charge in [0.15, 0.2) is 0 Å². The molecule has 3 aromatic rings. The largest absolute Gasteiger partial charge is 0.422 e. The Bertz CT molecular complexity index is 804. The highest BCUT2D eigenvalue weighted by Crippen LogP contribution is 2.25. The minimum absolute atomic E-state index is 0.376. The summed E-state index contributed by atoms with van der Waals surface area (Å²) in [6.45, 7) is 0. The minimum atomic E-state index is -0.376. The zero-order chi connectivity index (χ0) is 13.4. The molecule has 1 heterocycles. The molecular weight excluding hydrogens is 283 g/mol. The van der Waals surface area contributed by atoms with E-state index in [0.29, 0.717) is 21.2 Å². The standard InChI is InChI=1S/C15H8Cl2O2/c16-11-3-1-9(2-4-11)14-8-10-7-12(17)5-6-13(10)15(18)19-14/h1-8H. The van der Waals surface area contributed by atoms with Crippen LogP contribution in [0.15, 0.2) is 57.7 Å². The van der Waals surface area contributed by atoms with Crippen LogP contribution in [-0.4, -0.2) is 0 Å². The smallest absolute Gasteiger partial charge is 0.344 e. The Hall–Kier alpha value is -1.77. The molecule has 0 atom stereocenters. The summed E-state index contributed by atoms with van der Waals surface area (Å²) in [6, 6.07) is 14.0. The molecule has 3 rings (SSSR count). The van der Waals surface area contributed by atoms with E-state index in [1.54, 1.807) is 48.5 Å². The number of halogens is 2. The molecule has 0 fully saturated rings. The number of hydrogen-bond acceptors (Lipinski definition) is 2. The summed E-state index contributed by atoms with van der Waals surface area (Å²) in [5.41, 5.74) is 0.419. The molecular formula is C15H8Cl2O2. The topological polar surface area (TPSA) is 30.2 Å². The van der Waals surface area contributed by atoms with E-state index < -0.39 is 0 Å². The molecule has 0 aliphatic rings. The van der Waals surface area contributed by atoms with Gasteiger partial charge in [0.1, 0.15) is 5.76 Å².